The molecular weight excluding hydrogens is 251 g/mol. The highest BCUT2D eigenvalue weighted by Gasteiger charge is 2.26. The molecule has 1 saturated heterocycles. The van der Waals surface area contributed by atoms with E-state index >= 15 is 0 Å². The van der Waals surface area contributed by atoms with E-state index in [9.17, 15) is 5.11 Å². The molecule has 1 heterocycles. The molecule has 1 fully saturated rings. The summed E-state index contributed by atoms with van der Waals surface area (Å²) >= 11 is 13.8. The first-order valence-corrected chi connectivity index (χ1v) is 6.78. The summed E-state index contributed by atoms with van der Waals surface area (Å²) in [7, 11) is 0. The van der Waals surface area contributed by atoms with Gasteiger partial charge in [0.15, 0.2) is 0 Å². The first-order valence-electron chi connectivity index (χ1n) is 4.87. The van der Waals surface area contributed by atoms with E-state index in [1.165, 1.54) is 0 Å². The van der Waals surface area contributed by atoms with Crippen LogP contribution in [0.2, 0.25) is 10.0 Å². The van der Waals surface area contributed by atoms with Crippen LogP contribution < -0.4 is 0 Å². The Kier molecular flexibility index (Phi) is 3.83. The van der Waals surface area contributed by atoms with E-state index in [0.29, 0.717) is 16.0 Å². The first kappa shape index (κ1) is 11.6. The summed E-state index contributed by atoms with van der Waals surface area (Å²) in [6.45, 7) is 0. The van der Waals surface area contributed by atoms with E-state index < -0.39 is 0 Å². The second-order valence-electron chi connectivity index (χ2n) is 3.78. The largest absolute Gasteiger partial charge is 0.392 e. The molecule has 0 saturated carbocycles. The molecular formula is C11H12Cl2OS. The van der Waals surface area contributed by atoms with Gasteiger partial charge in [0.05, 0.1) is 16.1 Å². The molecule has 1 aromatic rings. The number of aliphatic hydroxyl groups is 1. The Morgan fingerprint density at radius 2 is 2.13 bits per heavy atom. The van der Waals surface area contributed by atoms with Crippen molar-refractivity contribution in [3.05, 3.63) is 33.8 Å². The summed E-state index contributed by atoms with van der Waals surface area (Å²) in [5.74, 6) is 2.15. The van der Waals surface area contributed by atoms with Gasteiger partial charge in [-0.2, -0.15) is 11.8 Å². The van der Waals surface area contributed by atoms with Crippen LogP contribution in [-0.2, 0) is 6.42 Å². The van der Waals surface area contributed by atoms with Gasteiger partial charge in [-0.25, -0.2) is 0 Å². The van der Waals surface area contributed by atoms with E-state index in [1.54, 1.807) is 17.8 Å². The van der Waals surface area contributed by atoms with Crippen LogP contribution in [-0.4, -0.2) is 22.7 Å². The van der Waals surface area contributed by atoms with Crippen molar-refractivity contribution in [2.45, 2.75) is 12.5 Å². The maximum Gasteiger partial charge on any atom is 0.0669 e. The van der Waals surface area contributed by atoms with E-state index in [-0.39, 0.29) is 6.10 Å². The molecule has 1 aromatic carbocycles. The summed E-state index contributed by atoms with van der Waals surface area (Å²) in [5.41, 5.74) is 1.04. The maximum atomic E-state index is 9.71. The fraction of sp³-hybridized carbons (Fsp3) is 0.455. The molecule has 2 unspecified atom stereocenters. The fourth-order valence-corrected chi connectivity index (χ4v) is 3.46. The molecule has 82 valence electrons. The second-order valence-corrected chi connectivity index (χ2v) is 5.64. The standard InChI is InChI=1S/C11H12Cl2OS/c12-9-3-1-2-7(11(9)13)4-8-5-15-6-10(8)14/h1-3,8,10,14H,4-6H2. The Morgan fingerprint density at radius 1 is 1.33 bits per heavy atom. The van der Waals surface area contributed by atoms with Crippen molar-refractivity contribution in [3.63, 3.8) is 0 Å². The van der Waals surface area contributed by atoms with E-state index in [0.717, 1.165) is 23.5 Å². The highest BCUT2D eigenvalue weighted by molar-refractivity contribution is 7.99. The third-order valence-corrected chi connectivity index (χ3v) is 4.78. The quantitative estimate of drug-likeness (QED) is 0.883. The third-order valence-electron chi connectivity index (χ3n) is 2.68. The lowest BCUT2D eigenvalue weighted by Crippen LogP contribution is -2.20. The molecule has 2 rings (SSSR count). The summed E-state index contributed by atoms with van der Waals surface area (Å²) in [4.78, 5) is 0. The Hall–Kier alpha value is 0.110. The Morgan fingerprint density at radius 3 is 2.80 bits per heavy atom. The highest BCUT2D eigenvalue weighted by Crippen LogP contribution is 2.32. The van der Waals surface area contributed by atoms with Gasteiger partial charge in [0.2, 0.25) is 0 Å². The maximum absolute atomic E-state index is 9.71. The Balaban J connectivity index is 2.13. The molecule has 1 nitrogen and oxygen atoms in total. The Bertz CT molecular complexity index is 356. The lowest BCUT2D eigenvalue weighted by molar-refractivity contribution is 0.150. The van der Waals surface area contributed by atoms with Crippen LogP contribution in [0.15, 0.2) is 18.2 Å². The molecule has 1 aliphatic heterocycles. The van der Waals surface area contributed by atoms with E-state index in [1.807, 2.05) is 12.1 Å². The predicted octanol–water partition coefficient (Wildman–Crippen LogP) is 3.26. The molecule has 0 bridgehead atoms. The molecule has 0 aromatic heterocycles. The van der Waals surface area contributed by atoms with Crippen molar-refractivity contribution >= 4 is 35.0 Å². The van der Waals surface area contributed by atoms with Crippen LogP contribution in [0.4, 0.5) is 0 Å². The van der Waals surface area contributed by atoms with Crippen LogP contribution in [0.25, 0.3) is 0 Å². The molecule has 0 radical (unpaired) electrons. The highest BCUT2D eigenvalue weighted by atomic mass is 35.5. The minimum Gasteiger partial charge on any atom is -0.392 e. The summed E-state index contributed by atoms with van der Waals surface area (Å²) in [5, 5.41) is 10.9. The number of hydrogen-bond acceptors (Lipinski definition) is 2. The summed E-state index contributed by atoms with van der Waals surface area (Å²) < 4.78 is 0. The number of thioether (sulfide) groups is 1. The van der Waals surface area contributed by atoms with Crippen LogP contribution >= 0.6 is 35.0 Å². The van der Waals surface area contributed by atoms with Gasteiger partial charge in [0, 0.05) is 5.75 Å². The zero-order valence-corrected chi connectivity index (χ0v) is 10.4. The SMILES string of the molecule is OC1CSCC1Cc1cccc(Cl)c1Cl. The number of aliphatic hydroxyl groups excluding tert-OH is 1. The normalized spacial score (nSPS) is 25.8. The van der Waals surface area contributed by atoms with Gasteiger partial charge >= 0.3 is 0 Å². The molecule has 0 amide bonds. The summed E-state index contributed by atoms with van der Waals surface area (Å²) in [6, 6.07) is 5.66. The molecule has 1 aliphatic rings. The van der Waals surface area contributed by atoms with E-state index in [4.69, 9.17) is 23.2 Å². The summed E-state index contributed by atoms with van der Waals surface area (Å²) in [6.07, 6.45) is 0.609. The number of hydrogen-bond donors (Lipinski definition) is 1. The second kappa shape index (κ2) is 4.96. The van der Waals surface area contributed by atoms with Crippen LogP contribution in [0.3, 0.4) is 0 Å². The van der Waals surface area contributed by atoms with Crippen molar-refractivity contribution in [1.29, 1.82) is 0 Å². The first-order chi connectivity index (χ1) is 7.18. The molecule has 15 heavy (non-hydrogen) atoms. The number of halogens is 2. The van der Waals surface area contributed by atoms with Gasteiger partial charge in [-0.3, -0.25) is 0 Å². The predicted molar refractivity (Wildman–Crippen MR) is 67.0 cm³/mol. The zero-order valence-electron chi connectivity index (χ0n) is 8.12. The zero-order chi connectivity index (χ0) is 10.8. The monoisotopic (exact) mass is 262 g/mol. The van der Waals surface area contributed by atoms with Gasteiger partial charge in [-0.05, 0) is 29.7 Å². The van der Waals surface area contributed by atoms with Gasteiger partial charge in [-0.15, -0.1) is 0 Å². The van der Waals surface area contributed by atoms with Crippen LogP contribution in [0.5, 0.6) is 0 Å². The molecule has 0 aliphatic carbocycles. The molecule has 2 atom stereocenters. The molecule has 0 spiro atoms. The average molecular weight is 263 g/mol. The fourth-order valence-electron chi connectivity index (χ4n) is 1.77. The topological polar surface area (TPSA) is 20.2 Å². The lowest BCUT2D eigenvalue weighted by Gasteiger charge is -2.14. The Labute approximate surface area is 104 Å². The average Bonchev–Trinajstić information content (AvgIpc) is 2.60. The minimum atomic E-state index is -0.204. The van der Waals surface area contributed by atoms with Crippen LogP contribution in [0.1, 0.15) is 5.56 Å². The van der Waals surface area contributed by atoms with E-state index in [2.05, 4.69) is 0 Å². The van der Waals surface area contributed by atoms with Crippen molar-refractivity contribution in [2.75, 3.05) is 11.5 Å². The minimum absolute atomic E-state index is 0.204. The molecule has 1 N–H and O–H groups in total. The lowest BCUT2D eigenvalue weighted by atomic mass is 9.97. The number of rotatable bonds is 2. The van der Waals surface area contributed by atoms with Crippen molar-refractivity contribution in [1.82, 2.24) is 0 Å². The van der Waals surface area contributed by atoms with Gasteiger partial charge in [0.1, 0.15) is 0 Å². The number of benzene rings is 1. The van der Waals surface area contributed by atoms with Crippen LogP contribution in [0, 0.1) is 5.92 Å². The van der Waals surface area contributed by atoms with Crippen molar-refractivity contribution in [3.8, 4) is 0 Å². The van der Waals surface area contributed by atoms with Gasteiger partial charge in [-0.1, -0.05) is 35.3 Å². The van der Waals surface area contributed by atoms with Gasteiger partial charge < -0.3 is 5.11 Å². The van der Waals surface area contributed by atoms with Gasteiger partial charge in [0.25, 0.3) is 0 Å². The smallest absolute Gasteiger partial charge is 0.0669 e. The van der Waals surface area contributed by atoms with Crippen molar-refractivity contribution < 1.29 is 5.11 Å². The molecule has 4 heteroatoms. The third kappa shape index (κ3) is 2.62. The van der Waals surface area contributed by atoms with Crippen molar-refractivity contribution in [2.24, 2.45) is 5.92 Å².